The van der Waals surface area contributed by atoms with Gasteiger partial charge >= 0.3 is 0 Å². The Labute approximate surface area is 140 Å². The van der Waals surface area contributed by atoms with Crippen LogP contribution < -0.4 is 0 Å². The number of aromatic nitrogens is 2. The van der Waals surface area contributed by atoms with Crippen LogP contribution in [0.15, 0.2) is 30.5 Å². The molecule has 0 radical (unpaired) electrons. The van der Waals surface area contributed by atoms with Gasteiger partial charge in [0.1, 0.15) is 5.69 Å². The average Bonchev–Trinajstić information content (AvgIpc) is 3.14. The van der Waals surface area contributed by atoms with Gasteiger partial charge in [-0.05, 0) is 24.8 Å². The van der Waals surface area contributed by atoms with E-state index < -0.39 is 0 Å². The molecular weight excluding hydrogens is 314 g/mol. The zero-order valence-corrected chi connectivity index (χ0v) is 13.8. The summed E-state index contributed by atoms with van der Waals surface area (Å²) in [5.74, 6) is 0.359. The van der Waals surface area contributed by atoms with E-state index in [9.17, 15) is 4.79 Å². The van der Waals surface area contributed by atoms with Crippen molar-refractivity contribution in [3.63, 3.8) is 0 Å². The van der Waals surface area contributed by atoms with Crippen LogP contribution in [-0.2, 0) is 7.05 Å². The Hall–Kier alpha value is -1.85. The van der Waals surface area contributed by atoms with Crippen LogP contribution in [0.2, 0.25) is 5.02 Å². The Bertz CT molecular complexity index is 714. The highest BCUT2D eigenvalue weighted by Gasteiger charge is 2.29. The number of hydrogen-bond acceptors (Lipinski definition) is 3. The lowest BCUT2D eigenvalue weighted by atomic mass is 10.1. The largest absolute Gasteiger partial charge is 0.396 e. The van der Waals surface area contributed by atoms with Crippen molar-refractivity contribution < 1.29 is 9.90 Å². The van der Waals surface area contributed by atoms with Gasteiger partial charge < -0.3 is 10.0 Å². The first-order valence-electron chi connectivity index (χ1n) is 7.79. The normalized spacial score (nSPS) is 17.7. The molecule has 1 aliphatic rings. The van der Waals surface area contributed by atoms with Crippen molar-refractivity contribution >= 4 is 17.5 Å². The summed E-state index contributed by atoms with van der Waals surface area (Å²) in [5, 5.41) is 14.1. The van der Waals surface area contributed by atoms with Crippen LogP contribution in [0, 0.1) is 5.92 Å². The van der Waals surface area contributed by atoms with Gasteiger partial charge in [-0.1, -0.05) is 29.8 Å². The number of aryl methyl sites for hydroxylation is 1. The van der Waals surface area contributed by atoms with Gasteiger partial charge in [0.15, 0.2) is 0 Å². The maximum atomic E-state index is 12.9. The monoisotopic (exact) mass is 333 g/mol. The van der Waals surface area contributed by atoms with Crippen LogP contribution in [0.4, 0.5) is 0 Å². The van der Waals surface area contributed by atoms with Crippen LogP contribution in [-0.4, -0.2) is 45.4 Å². The van der Waals surface area contributed by atoms with Crippen molar-refractivity contribution in [1.29, 1.82) is 0 Å². The van der Waals surface area contributed by atoms with Gasteiger partial charge in [-0.15, -0.1) is 0 Å². The smallest absolute Gasteiger partial charge is 0.257 e. The minimum atomic E-state index is -0.0199. The fourth-order valence-corrected chi connectivity index (χ4v) is 3.33. The maximum absolute atomic E-state index is 12.9. The molecule has 0 aliphatic carbocycles. The second kappa shape index (κ2) is 6.72. The molecule has 23 heavy (non-hydrogen) atoms. The molecule has 2 heterocycles. The SMILES string of the molecule is Cn1cc(C(=O)N2CC[C@@H](CCO)C2)c(-c2ccccc2Cl)n1. The summed E-state index contributed by atoms with van der Waals surface area (Å²) in [7, 11) is 1.80. The molecule has 3 rings (SSSR count). The molecule has 2 aromatic rings. The Morgan fingerprint density at radius 3 is 2.96 bits per heavy atom. The summed E-state index contributed by atoms with van der Waals surface area (Å²) in [5.41, 5.74) is 1.96. The van der Waals surface area contributed by atoms with E-state index in [1.54, 1.807) is 24.0 Å². The van der Waals surface area contributed by atoms with Crippen LogP contribution in [0.3, 0.4) is 0 Å². The Morgan fingerprint density at radius 1 is 1.43 bits per heavy atom. The molecule has 6 heteroatoms. The number of likely N-dealkylation sites (tertiary alicyclic amines) is 1. The number of amides is 1. The lowest BCUT2D eigenvalue weighted by molar-refractivity contribution is 0.0785. The van der Waals surface area contributed by atoms with Gasteiger partial charge in [-0.25, -0.2) is 0 Å². The first kappa shape index (κ1) is 16.0. The van der Waals surface area contributed by atoms with Crippen molar-refractivity contribution in [2.45, 2.75) is 12.8 Å². The van der Waals surface area contributed by atoms with Crippen molar-refractivity contribution in [3.05, 3.63) is 41.0 Å². The second-order valence-electron chi connectivity index (χ2n) is 5.96. The number of halogens is 1. The Morgan fingerprint density at radius 2 is 2.22 bits per heavy atom. The molecule has 1 saturated heterocycles. The minimum absolute atomic E-state index is 0.0199. The third-order valence-corrected chi connectivity index (χ3v) is 4.63. The number of aliphatic hydroxyl groups excluding tert-OH is 1. The van der Waals surface area contributed by atoms with E-state index in [-0.39, 0.29) is 12.5 Å². The molecule has 1 fully saturated rings. The van der Waals surface area contributed by atoms with Gasteiger partial charge in [-0.3, -0.25) is 9.48 Å². The molecule has 1 aromatic heterocycles. The third-order valence-electron chi connectivity index (χ3n) is 4.30. The van der Waals surface area contributed by atoms with E-state index in [0.717, 1.165) is 24.9 Å². The van der Waals surface area contributed by atoms with Crippen LogP contribution >= 0.6 is 11.6 Å². The second-order valence-corrected chi connectivity index (χ2v) is 6.37. The van der Waals surface area contributed by atoms with E-state index in [1.807, 2.05) is 23.1 Å². The van der Waals surface area contributed by atoms with E-state index in [2.05, 4.69) is 5.10 Å². The molecule has 0 saturated carbocycles. The summed E-state index contributed by atoms with van der Waals surface area (Å²) in [6.45, 7) is 1.58. The van der Waals surface area contributed by atoms with E-state index in [4.69, 9.17) is 16.7 Å². The highest BCUT2D eigenvalue weighted by atomic mass is 35.5. The van der Waals surface area contributed by atoms with Gasteiger partial charge in [0.05, 0.1) is 10.6 Å². The minimum Gasteiger partial charge on any atom is -0.396 e. The third kappa shape index (κ3) is 3.26. The number of rotatable bonds is 4. The van der Waals surface area contributed by atoms with Crippen LogP contribution in [0.5, 0.6) is 0 Å². The molecule has 1 N–H and O–H groups in total. The van der Waals surface area contributed by atoms with Crippen LogP contribution in [0.1, 0.15) is 23.2 Å². The predicted molar refractivity (Wildman–Crippen MR) is 89.4 cm³/mol. The standard InChI is InChI=1S/C17H20ClN3O2/c1-20-11-14(16(19-20)13-4-2-3-5-15(13)18)17(23)21-8-6-12(10-21)7-9-22/h2-5,11-12,22H,6-10H2,1H3/t12-/m0/s1. The molecular formula is C17H20ClN3O2. The first-order chi connectivity index (χ1) is 11.1. The lowest BCUT2D eigenvalue weighted by Gasteiger charge is -2.16. The van der Waals surface area contributed by atoms with Crippen molar-refractivity contribution in [2.24, 2.45) is 13.0 Å². The van der Waals surface area contributed by atoms with E-state index >= 15 is 0 Å². The first-order valence-corrected chi connectivity index (χ1v) is 8.16. The molecule has 0 spiro atoms. The number of carbonyl (C=O) groups is 1. The highest BCUT2D eigenvalue weighted by Crippen LogP contribution is 2.30. The fourth-order valence-electron chi connectivity index (χ4n) is 3.10. The topological polar surface area (TPSA) is 58.4 Å². The molecule has 1 amide bonds. The highest BCUT2D eigenvalue weighted by molar-refractivity contribution is 6.33. The average molecular weight is 334 g/mol. The molecule has 0 unspecified atom stereocenters. The quantitative estimate of drug-likeness (QED) is 0.935. The number of benzene rings is 1. The zero-order chi connectivity index (χ0) is 16.4. The number of hydrogen-bond donors (Lipinski definition) is 1. The van der Waals surface area contributed by atoms with Crippen molar-refractivity contribution in [2.75, 3.05) is 19.7 Å². The fraction of sp³-hybridized carbons (Fsp3) is 0.412. The van der Waals surface area contributed by atoms with E-state index in [1.165, 1.54) is 0 Å². The maximum Gasteiger partial charge on any atom is 0.257 e. The van der Waals surface area contributed by atoms with Crippen molar-refractivity contribution in [1.82, 2.24) is 14.7 Å². The number of nitrogens with zero attached hydrogens (tertiary/aromatic N) is 3. The summed E-state index contributed by atoms with van der Waals surface area (Å²) in [4.78, 5) is 14.7. The van der Waals surface area contributed by atoms with Crippen LogP contribution in [0.25, 0.3) is 11.3 Å². The summed E-state index contributed by atoms with van der Waals surface area (Å²) >= 11 is 6.27. The molecule has 5 nitrogen and oxygen atoms in total. The summed E-state index contributed by atoms with van der Waals surface area (Å²) in [6.07, 6.45) is 3.43. The molecule has 1 atom stereocenters. The predicted octanol–water partition coefficient (Wildman–Crippen LogP) is 2.59. The van der Waals surface area contributed by atoms with Gasteiger partial charge in [0.2, 0.25) is 0 Å². The summed E-state index contributed by atoms with van der Waals surface area (Å²) in [6, 6.07) is 7.42. The lowest BCUT2D eigenvalue weighted by Crippen LogP contribution is -2.29. The number of aliphatic hydroxyl groups is 1. The Kier molecular flexibility index (Phi) is 4.68. The molecule has 122 valence electrons. The zero-order valence-electron chi connectivity index (χ0n) is 13.1. The van der Waals surface area contributed by atoms with Gasteiger partial charge in [0.25, 0.3) is 5.91 Å². The number of carbonyl (C=O) groups excluding carboxylic acids is 1. The molecule has 1 aromatic carbocycles. The van der Waals surface area contributed by atoms with Gasteiger partial charge in [0, 0.05) is 38.5 Å². The Balaban J connectivity index is 1.89. The summed E-state index contributed by atoms with van der Waals surface area (Å²) < 4.78 is 1.65. The van der Waals surface area contributed by atoms with Gasteiger partial charge in [-0.2, -0.15) is 5.10 Å². The van der Waals surface area contributed by atoms with Crippen molar-refractivity contribution in [3.8, 4) is 11.3 Å². The molecule has 0 bridgehead atoms. The molecule has 1 aliphatic heterocycles. The van der Waals surface area contributed by atoms with E-state index in [0.29, 0.717) is 28.7 Å².